The van der Waals surface area contributed by atoms with Gasteiger partial charge in [0.1, 0.15) is 0 Å². The fraction of sp³-hybridized carbons (Fsp3) is 0.500. The molecule has 2 heteroatoms. The van der Waals surface area contributed by atoms with E-state index >= 15 is 0 Å². The number of rotatable bonds is 5. The molecule has 1 heterocycles. The molecule has 20 heavy (non-hydrogen) atoms. The predicted octanol–water partition coefficient (Wildman–Crippen LogP) is 5.74. The highest BCUT2D eigenvalue weighted by Crippen LogP contribution is 2.33. The molecule has 0 aliphatic carbocycles. The first-order chi connectivity index (χ1) is 9.49. The van der Waals surface area contributed by atoms with Gasteiger partial charge >= 0.3 is 0 Å². The van der Waals surface area contributed by atoms with Crippen molar-refractivity contribution in [3.05, 3.63) is 51.5 Å². The lowest BCUT2D eigenvalue weighted by atomic mass is 9.98. The summed E-state index contributed by atoms with van der Waals surface area (Å²) in [5.74, 6) is 1.62. The van der Waals surface area contributed by atoms with Crippen LogP contribution in [0.5, 0.6) is 0 Å². The summed E-state index contributed by atoms with van der Waals surface area (Å²) >= 11 is 1.91. The third-order valence-electron chi connectivity index (χ3n) is 3.65. The highest BCUT2D eigenvalue weighted by atomic mass is 32.1. The van der Waals surface area contributed by atoms with Gasteiger partial charge in [-0.05, 0) is 23.3 Å². The average Bonchev–Trinajstić information content (AvgIpc) is 2.84. The highest BCUT2D eigenvalue weighted by molar-refractivity contribution is 7.11. The van der Waals surface area contributed by atoms with Gasteiger partial charge in [0.15, 0.2) is 0 Å². The minimum atomic E-state index is 0.518. The molecule has 0 fully saturated rings. The van der Waals surface area contributed by atoms with Gasteiger partial charge in [0.25, 0.3) is 0 Å². The van der Waals surface area contributed by atoms with Gasteiger partial charge in [0.2, 0.25) is 0 Å². The smallest absolute Gasteiger partial charge is 0.0937 e. The van der Waals surface area contributed by atoms with Crippen molar-refractivity contribution in [2.45, 2.75) is 58.8 Å². The van der Waals surface area contributed by atoms with E-state index in [-0.39, 0.29) is 0 Å². The van der Waals surface area contributed by atoms with Crippen molar-refractivity contribution >= 4 is 11.3 Å². The molecule has 1 aromatic carbocycles. The molecule has 0 aliphatic rings. The zero-order chi connectivity index (χ0) is 14.7. The maximum Gasteiger partial charge on any atom is 0.0937 e. The van der Waals surface area contributed by atoms with Crippen molar-refractivity contribution in [3.63, 3.8) is 0 Å². The first-order valence-corrected chi connectivity index (χ1v) is 8.35. The molecular weight excluding hydrogens is 262 g/mol. The Bertz CT molecular complexity index is 514. The molecule has 1 aromatic heterocycles. The second-order valence-corrected chi connectivity index (χ2v) is 7.30. The minimum Gasteiger partial charge on any atom is -0.246 e. The lowest BCUT2D eigenvalue weighted by molar-refractivity contribution is 0.735. The van der Waals surface area contributed by atoms with E-state index in [4.69, 9.17) is 4.98 Å². The Kier molecular flexibility index (Phi) is 4.98. The summed E-state index contributed by atoms with van der Waals surface area (Å²) in [6, 6.07) is 10.7. The van der Waals surface area contributed by atoms with Gasteiger partial charge in [0.05, 0.1) is 10.7 Å². The van der Waals surface area contributed by atoms with E-state index in [2.05, 4.69) is 65.0 Å². The zero-order valence-electron chi connectivity index (χ0n) is 13.2. The van der Waals surface area contributed by atoms with E-state index in [0.717, 1.165) is 6.42 Å². The van der Waals surface area contributed by atoms with Gasteiger partial charge in [0, 0.05) is 11.3 Å². The van der Waals surface area contributed by atoms with Crippen LogP contribution in [0, 0.1) is 0 Å². The van der Waals surface area contributed by atoms with Crippen molar-refractivity contribution in [3.8, 4) is 0 Å². The lowest BCUT2D eigenvalue weighted by Gasteiger charge is -2.09. The van der Waals surface area contributed by atoms with Crippen LogP contribution in [0.1, 0.15) is 73.5 Å². The molecule has 0 N–H and O–H groups in total. The number of nitrogens with zero attached hydrogens (tertiary/aromatic N) is 1. The van der Waals surface area contributed by atoms with E-state index in [1.807, 2.05) is 11.3 Å². The van der Waals surface area contributed by atoms with Gasteiger partial charge in [-0.25, -0.2) is 4.98 Å². The summed E-state index contributed by atoms with van der Waals surface area (Å²) in [6.07, 6.45) is 1.04. The van der Waals surface area contributed by atoms with Crippen molar-refractivity contribution in [1.82, 2.24) is 4.98 Å². The molecule has 1 unspecified atom stereocenters. The number of hydrogen-bond donors (Lipinski definition) is 0. The Morgan fingerprint density at radius 3 is 2.10 bits per heavy atom. The minimum absolute atomic E-state index is 0.518. The van der Waals surface area contributed by atoms with Crippen LogP contribution in [0.4, 0.5) is 0 Å². The number of hydrogen-bond acceptors (Lipinski definition) is 2. The molecule has 0 radical (unpaired) electrons. The highest BCUT2D eigenvalue weighted by Gasteiger charge is 2.18. The lowest BCUT2D eigenvalue weighted by Crippen LogP contribution is -1.99. The third-order valence-corrected chi connectivity index (χ3v) is 5.04. The topological polar surface area (TPSA) is 12.9 Å². The predicted molar refractivity (Wildman–Crippen MR) is 88.9 cm³/mol. The first kappa shape index (κ1) is 15.2. The van der Waals surface area contributed by atoms with E-state index < -0.39 is 0 Å². The van der Waals surface area contributed by atoms with E-state index in [0.29, 0.717) is 17.8 Å². The van der Waals surface area contributed by atoms with E-state index in [1.54, 1.807) is 0 Å². The standard InChI is InChI=1S/C18H25NS/c1-12(2)17-18(13(3)4)20-16(19-17)11-14(5)15-9-7-6-8-10-15/h6-10,12-14H,11H2,1-5H3. The Labute approximate surface area is 127 Å². The molecule has 0 aliphatic heterocycles. The molecule has 0 amide bonds. The summed E-state index contributed by atoms with van der Waals surface area (Å²) in [5, 5.41) is 1.29. The van der Waals surface area contributed by atoms with Crippen molar-refractivity contribution in [2.75, 3.05) is 0 Å². The Hall–Kier alpha value is -1.15. The number of thiazole rings is 1. The van der Waals surface area contributed by atoms with E-state index in [9.17, 15) is 0 Å². The molecule has 1 atom stereocenters. The molecule has 0 saturated carbocycles. The van der Waals surface area contributed by atoms with Crippen molar-refractivity contribution < 1.29 is 0 Å². The normalized spacial score (nSPS) is 13.2. The van der Waals surface area contributed by atoms with Crippen LogP contribution in [0.15, 0.2) is 30.3 Å². The molecule has 2 aromatic rings. The molecular formula is C18H25NS. The first-order valence-electron chi connectivity index (χ1n) is 7.53. The van der Waals surface area contributed by atoms with E-state index in [1.165, 1.54) is 21.1 Å². The van der Waals surface area contributed by atoms with Crippen LogP contribution >= 0.6 is 11.3 Å². The monoisotopic (exact) mass is 287 g/mol. The van der Waals surface area contributed by atoms with Crippen molar-refractivity contribution in [1.29, 1.82) is 0 Å². The third kappa shape index (κ3) is 3.49. The van der Waals surface area contributed by atoms with Crippen LogP contribution in [0.2, 0.25) is 0 Å². The molecule has 0 spiro atoms. The van der Waals surface area contributed by atoms with Crippen LogP contribution in [-0.4, -0.2) is 4.98 Å². The maximum atomic E-state index is 4.91. The quantitative estimate of drug-likeness (QED) is 0.683. The fourth-order valence-corrected chi connectivity index (χ4v) is 3.82. The van der Waals surface area contributed by atoms with Crippen LogP contribution in [0.25, 0.3) is 0 Å². The average molecular weight is 287 g/mol. The number of aromatic nitrogens is 1. The van der Waals surface area contributed by atoms with Crippen LogP contribution in [-0.2, 0) is 6.42 Å². The molecule has 1 nitrogen and oxygen atoms in total. The van der Waals surface area contributed by atoms with Gasteiger partial charge in [-0.1, -0.05) is 65.0 Å². The summed E-state index contributed by atoms with van der Waals surface area (Å²) in [4.78, 5) is 6.38. The molecule has 0 saturated heterocycles. The second-order valence-electron chi connectivity index (χ2n) is 6.18. The summed E-state index contributed by atoms with van der Waals surface area (Å²) in [6.45, 7) is 11.3. The largest absolute Gasteiger partial charge is 0.246 e. The van der Waals surface area contributed by atoms with Crippen LogP contribution in [0.3, 0.4) is 0 Å². The second kappa shape index (κ2) is 6.53. The van der Waals surface area contributed by atoms with Gasteiger partial charge in [-0.15, -0.1) is 11.3 Å². The van der Waals surface area contributed by atoms with Gasteiger partial charge < -0.3 is 0 Å². The fourth-order valence-electron chi connectivity index (χ4n) is 2.47. The van der Waals surface area contributed by atoms with Crippen LogP contribution < -0.4 is 0 Å². The van der Waals surface area contributed by atoms with Gasteiger partial charge in [-0.3, -0.25) is 0 Å². The summed E-state index contributed by atoms with van der Waals surface area (Å²) < 4.78 is 0. The van der Waals surface area contributed by atoms with Crippen molar-refractivity contribution in [2.24, 2.45) is 0 Å². The maximum absolute atomic E-state index is 4.91. The zero-order valence-corrected chi connectivity index (χ0v) is 14.0. The number of benzene rings is 1. The molecule has 2 rings (SSSR count). The SMILES string of the molecule is CC(C)c1nc(CC(C)c2ccccc2)sc1C(C)C. The molecule has 0 bridgehead atoms. The summed E-state index contributed by atoms with van der Waals surface area (Å²) in [7, 11) is 0. The Balaban J connectivity index is 2.20. The van der Waals surface area contributed by atoms with Gasteiger partial charge in [-0.2, -0.15) is 0 Å². The molecule has 108 valence electrons. The Morgan fingerprint density at radius 1 is 0.950 bits per heavy atom. The Morgan fingerprint density at radius 2 is 1.60 bits per heavy atom. The summed E-state index contributed by atoms with van der Waals surface area (Å²) in [5.41, 5.74) is 2.71.